The predicted octanol–water partition coefficient (Wildman–Crippen LogP) is 1.53. The van der Waals surface area contributed by atoms with E-state index in [0.29, 0.717) is 0 Å². The molecule has 0 aromatic carbocycles. The van der Waals surface area contributed by atoms with Gasteiger partial charge in [-0.2, -0.15) is 9.46 Å². The van der Waals surface area contributed by atoms with Gasteiger partial charge in [-0.3, -0.25) is 4.94 Å². The first kappa shape index (κ1) is 14.7. The SMILES string of the molecule is CCOC(=O)c1cccn1On1cccc1C(=O)OCC. The van der Waals surface area contributed by atoms with Crippen molar-refractivity contribution in [1.29, 1.82) is 0 Å². The summed E-state index contributed by atoms with van der Waals surface area (Å²) in [5, 5.41) is 0. The van der Waals surface area contributed by atoms with Crippen LogP contribution in [0.25, 0.3) is 0 Å². The number of ether oxygens (including phenoxy) is 2. The zero-order valence-electron chi connectivity index (χ0n) is 11.8. The Labute approximate surface area is 121 Å². The maximum Gasteiger partial charge on any atom is 0.358 e. The van der Waals surface area contributed by atoms with E-state index >= 15 is 0 Å². The van der Waals surface area contributed by atoms with Crippen molar-refractivity contribution in [1.82, 2.24) is 9.46 Å². The molecule has 112 valence electrons. The van der Waals surface area contributed by atoms with E-state index in [1.807, 2.05) is 0 Å². The summed E-state index contributed by atoms with van der Waals surface area (Å²) in [6.45, 7) is 3.97. The number of hydrogen-bond acceptors (Lipinski definition) is 5. The van der Waals surface area contributed by atoms with E-state index in [1.165, 1.54) is 9.46 Å². The minimum atomic E-state index is -0.507. The molecular formula is C14H16N2O5. The minimum Gasteiger partial charge on any atom is -0.461 e. The van der Waals surface area contributed by atoms with Gasteiger partial charge in [-0.25, -0.2) is 9.59 Å². The second kappa shape index (κ2) is 6.65. The topological polar surface area (TPSA) is 71.7 Å². The van der Waals surface area contributed by atoms with Crippen LogP contribution in [-0.2, 0) is 9.47 Å². The number of carbonyl (C=O) groups excluding carboxylic acids is 2. The van der Waals surface area contributed by atoms with Crippen molar-refractivity contribution in [2.45, 2.75) is 13.8 Å². The molecule has 21 heavy (non-hydrogen) atoms. The molecule has 0 aliphatic carbocycles. The van der Waals surface area contributed by atoms with Crippen molar-refractivity contribution in [3.8, 4) is 0 Å². The smallest absolute Gasteiger partial charge is 0.358 e. The molecule has 2 heterocycles. The normalized spacial score (nSPS) is 10.2. The number of carbonyl (C=O) groups is 2. The first-order chi connectivity index (χ1) is 10.2. The highest BCUT2D eigenvalue weighted by Gasteiger charge is 2.17. The Morgan fingerprint density at radius 2 is 1.33 bits per heavy atom. The van der Waals surface area contributed by atoms with Crippen LogP contribution >= 0.6 is 0 Å². The highest BCUT2D eigenvalue weighted by molar-refractivity contribution is 5.88. The fourth-order valence-electron chi connectivity index (χ4n) is 1.70. The molecular weight excluding hydrogens is 276 g/mol. The fourth-order valence-corrected chi connectivity index (χ4v) is 1.70. The van der Waals surface area contributed by atoms with Crippen molar-refractivity contribution >= 4 is 11.9 Å². The predicted molar refractivity (Wildman–Crippen MR) is 72.8 cm³/mol. The van der Waals surface area contributed by atoms with Crippen LogP contribution in [0.3, 0.4) is 0 Å². The van der Waals surface area contributed by atoms with Crippen molar-refractivity contribution < 1.29 is 24.0 Å². The lowest BCUT2D eigenvalue weighted by Crippen LogP contribution is -2.25. The Morgan fingerprint density at radius 3 is 1.71 bits per heavy atom. The standard InChI is InChI=1S/C14H16N2O5/c1-3-19-13(17)11-7-5-9-15(11)21-16-10-6-8-12(16)14(18)20-4-2/h5-10H,3-4H2,1-2H3. The highest BCUT2D eigenvalue weighted by atomic mass is 16.8. The zero-order chi connectivity index (χ0) is 15.2. The third-order valence-corrected chi connectivity index (χ3v) is 2.57. The Bertz CT molecular complexity index is 575. The van der Waals surface area contributed by atoms with Gasteiger partial charge in [0.25, 0.3) is 0 Å². The van der Waals surface area contributed by atoms with E-state index in [2.05, 4.69) is 0 Å². The van der Waals surface area contributed by atoms with Crippen molar-refractivity contribution in [2.24, 2.45) is 0 Å². The zero-order valence-corrected chi connectivity index (χ0v) is 11.8. The third kappa shape index (κ3) is 3.25. The van der Waals surface area contributed by atoms with Gasteiger partial charge in [-0.15, -0.1) is 0 Å². The molecule has 0 aliphatic rings. The Balaban J connectivity index is 2.20. The molecule has 0 amide bonds. The number of hydrogen-bond donors (Lipinski definition) is 0. The number of nitrogens with zero attached hydrogens (tertiary/aromatic N) is 2. The Morgan fingerprint density at radius 1 is 0.905 bits per heavy atom. The summed E-state index contributed by atoms with van der Waals surface area (Å²) in [5.41, 5.74) is 0.445. The molecule has 0 spiro atoms. The second-order valence-electron chi connectivity index (χ2n) is 3.96. The molecule has 7 heteroatoms. The summed E-state index contributed by atoms with van der Waals surface area (Å²) in [4.78, 5) is 29.0. The summed E-state index contributed by atoms with van der Waals surface area (Å²) in [7, 11) is 0. The largest absolute Gasteiger partial charge is 0.461 e. The molecule has 0 bridgehead atoms. The summed E-state index contributed by atoms with van der Waals surface area (Å²) < 4.78 is 12.3. The lowest BCUT2D eigenvalue weighted by Gasteiger charge is -2.12. The molecule has 0 saturated carbocycles. The van der Waals surface area contributed by atoms with Gasteiger partial charge in [-0.1, -0.05) is 0 Å². The van der Waals surface area contributed by atoms with Gasteiger partial charge in [0.1, 0.15) is 0 Å². The minimum absolute atomic E-state index is 0.223. The average molecular weight is 292 g/mol. The van der Waals surface area contributed by atoms with Crippen molar-refractivity contribution in [2.75, 3.05) is 13.2 Å². The molecule has 2 rings (SSSR count). The second-order valence-corrected chi connectivity index (χ2v) is 3.96. The third-order valence-electron chi connectivity index (χ3n) is 2.57. The molecule has 0 radical (unpaired) electrons. The van der Waals surface area contributed by atoms with Crippen LogP contribution in [0.1, 0.15) is 34.8 Å². The first-order valence-corrected chi connectivity index (χ1v) is 6.55. The summed E-state index contributed by atoms with van der Waals surface area (Å²) in [6, 6.07) is 6.40. The van der Waals surface area contributed by atoms with Gasteiger partial charge in [-0.05, 0) is 38.1 Å². The van der Waals surface area contributed by atoms with Gasteiger partial charge >= 0.3 is 11.9 Å². The van der Waals surface area contributed by atoms with E-state index in [4.69, 9.17) is 14.4 Å². The van der Waals surface area contributed by atoms with E-state index in [1.54, 1.807) is 50.5 Å². The summed E-state index contributed by atoms with van der Waals surface area (Å²) >= 11 is 0. The van der Waals surface area contributed by atoms with Gasteiger partial charge in [0.15, 0.2) is 11.4 Å². The fraction of sp³-hybridized carbons (Fsp3) is 0.286. The van der Waals surface area contributed by atoms with Crippen LogP contribution in [-0.4, -0.2) is 34.6 Å². The molecule has 0 aliphatic heterocycles. The molecule has 0 N–H and O–H groups in total. The molecule has 2 aromatic heterocycles. The lowest BCUT2D eigenvalue weighted by atomic mass is 10.4. The molecule has 7 nitrogen and oxygen atoms in total. The Kier molecular flexibility index (Phi) is 4.65. The van der Waals surface area contributed by atoms with Gasteiger partial charge in [0, 0.05) is 12.4 Å². The van der Waals surface area contributed by atoms with Gasteiger partial charge in [0.05, 0.1) is 13.2 Å². The van der Waals surface area contributed by atoms with Crippen LogP contribution < -0.4 is 4.94 Å². The van der Waals surface area contributed by atoms with Crippen LogP contribution in [0.4, 0.5) is 0 Å². The van der Waals surface area contributed by atoms with Crippen molar-refractivity contribution in [3.63, 3.8) is 0 Å². The number of esters is 2. The van der Waals surface area contributed by atoms with Crippen LogP contribution in [0.15, 0.2) is 36.7 Å². The maximum atomic E-state index is 11.8. The van der Waals surface area contributed by atoms with E-state index in [0.717, 1.165) is 0 Å². The summed E-state index contributed by atoms with van der Waals surface area (Å²) in [5.74, 6) is -1.01. The Hall–Kier alpha value is -2.70. The van der Waals surface area contributed by atoms with Gasteiger partial charge < -0.3 is 9.47 Å². The average Bonchev–Trinajstić information content (AvgIpc) is 3.09. The molecule has 0 fully saturated rings. The van der Waals surface area contributed by atoms with Crippen molar-refractivity contribution in [3.05, 3.63) is 48.0 Å². The van der Waals surface area contributed by atoms with Crippen LogP contribution in [0.2, 0.25) is 0 Å². The molecule has 0 atom stereocenters. The maximum absolute atomic E-state index is 11.8. The number of aromatic nitrogens is 2. The lowest BCUT2D eigenvalue weighted by molar-refractivity contribution is 0.0115. The van der Waals surface area contributed by atoms with Gasteiger partial charge in [0.2, 0.25) is 0 Å². The summed E-state index contributed by atoms with van der Waals surface area (Å²) in [6.07, 6.45) is 3.09. The monoisotopic (exact) mass is 292 g/mol. The van der Waals surface area contributed by atoms with Crippen LogP contribution in [0.5, 0.6) is 0 Å². The van der Waals surface area contributed by atoms with E-state index in [9.17, 15) is 9.59 Å². The number of rotatable bonds is 6. The van der Waals surface area contributed by atoms with Crippen LogP contribution in [0, 0.1) is 0 Å². The first-order valence-electron chi connectivity index (χ1n) is 6.55. The molecule has 2 aromatic rings. The van der Waals surface area contributed by atoms with E-state index < -0.39 is 11.9 Å². The quantitative estimate of drug-likeness (QED) is 0.755. The molecule has 0 unspecified atom stereocenters. The molecule has 0 saturated heterocycles. The van der Waals surface area contributed by atoms with E-state index in [-0.39, 0.29) is 24.6 Å². The highest BCUT2D eigenvalue weighted by Crippen LogP contribution is 2.07.